The lowest BCUT2D eigenvalue weighted by molar-refractivity contribution is 0.169. The maximum atomic E-state index is 5.67. The van der Waals surface area contributed by atoms with Crippen molar-refractivity contribution in [2.45, 2.75) is 19.4 Å². The van der Waals surface area contributed by atoms with E-state index in [1.807, 2.05) is 6.07 Å². The molecule has 4 nitrogen and oxygen atoms in total. The summed E-state index contributed by atoms with van der Waals surface area (Å²) in [6, 6.07) is 6.60. The number of fused-ring (bicyclic) bond motifs is 1. The van der Waals surface area contributed by atoms with E-state index in [0.29, 0.717) is 25.2 Å². The molecule has 0 radical (unpaired) electrons. The third-order valence-corrected chi connectivity index (χ3v) is 3.79. The second-order valence-corrected chi connectivity index (χ2v) is 5.06. The lowest BCUT2D eigenvalue weighted by Gasteiger charge is -2.26. The first-order valence-corrected chi connectivity index (χ1v) is 7.09. The molecule has 0 amide bonds. The largest absolute Gasteiger partial charge is 0.486 e. The highest BCUT2D eigenvalue weighted by Gasteiger charge is 2.27. The van der Waals surface area contributed by atoms with Gasteiger partial charge in [-0.25, -0.2) is 0 Å². The molecule has 0 saturated carbocycles. The highest BCUT2D eigenvalue weighted by molar-refractivity contribution is 5.44. The first kappa shape index (κ1) is 12.8. The fourth-order valence-corrected chi connectivity index (χ4v) is 2.85. The van der Waals surface area contributed by atoms with E-state index in [4.69, 9.17) is 14.2 Å². The number of rotatable bonds is 4. The highest BCUT2D eigenvalue weighted by atomic mass is 16.6. The van der Waals surface area contributed by atoms with Gasteiger partial charge in [0.25, 0.3) is 0 Å². The summed E-state index contributed by atoms with van der Waals surface area (Å²) in [5, 5.41) is 3.57. The molecule has 2 unspecified atom stereocenters. The summed E-state index contributed by atoms with van der Waals surface area (Å²) < 4.78 is 16.8. The van der Waals surface area contributed by atoms with Gasteiger partial charge in [0.1, 0.15) is 13.2 Å². The van der Waals surface area contributed by atoms with E-state index in [1.54, 1.807) is 0 Å². The van der Waals surface area contributed by atoms with Crippen LogP contribution in [-0.4, -0.2) is 33.0 Å². The Balaban J connectivity index is 1.84. The fourth-order valence-electron chi connectivity index (χ4n) is 2.85. The molecule has 19 heavy (non-hydrogen) atoms. The smallest absolute Gasteiger partial charge is 0.161 e. The summed E-state index contributed by atoms with van der Waals surface area (Å²) in [7, 11) is 0. The summed E-state index contributed by atoms with van der Waals surface area (Å²) in [4.78, 5) is 0. The molecule has 104 valence electrons. The Morgan fingerprint density at radius 2 is 2.05 bits per heavy atom. The standard InChI is InChI=1S/C15H21NO3/c1-2-16-15(12-5-6-17-10-12)11-3-4-13-14(9-11)19-8-7-18-13/h3-4,9,12,15-16H,2,5-8,10H2,1H3. The van der Waals surface area contributed by atoms with Gasteiger partial charge < -0.3 is 19.5 Å². The molecule has 3 rings (SSSR count). The first-order valence-electron chi connectivity index (χ1n) is 7.09. The van der Waals surface area contributed by atoms with Gasteiger partial charge in [0.15, 0.2) is 11.5 Å². The first-order chi connectivity index (χ1) is 9.38. The molecule has 0 aliphatic carbocycles. The van der Waals surface area contributed by atoms with Crippen molar-refractivity contribution in [3.63, 3.8) is 0 Å². The van der Waals surface area contributed by atoms with Crippen molar-refractivity contribution in [1.82, 2.24) is 5.32 Å². The Morgan fingerprint density at radius 3 is 2.79 bits per heavy atom. The van der Waals surface area contributed by atoms with Crippen LogP contribution >= 0.6 is 0 Å². The average Bonchev–Trinajstić information content (AvgIpc) is 2.98. The van der Waals surface area contributed by atoms with Crippen LogP contribution in [0.5, 0.6) is 11.5 Å². The van der Waals surface area contributed by atoms with Crippen LogP contribution in [-0.2, 0) is 4.74 Å². The molecule has 2 heterocycles. The van der Waals surface area contributed by atoms with Crippen molar-refractivity contribution in [2.24, 2.45) is 5.92 Å². The fraction of sp³-hybridized carbons (Fsp3) is 0.600. The van der Waals surface area contributed by atoms with Crippen LogP contribution in [0.2, 0.25) is 0 Å². The number of ether oxygens (including phenoxy) is 3. The molecule has 2 aliphatic rings. The predicted molar refractivity (Wildman–Crippen MR) is 72.8 cm³/mol. The second kappa shape index (κ2) is 5.80. The van der Waals surface area contributed by atoms with Crippen molar-refractivity contribution in [3.8, 4) is 11.5 Å². The summed E-state index contributed by atoms with van der Waals surface area (Å²) >= 11 is 0. The zero-order valence-electron chi connectivity index (χ0n) is 11.4. The molecule has 1 aromatic carbocycles. The number of hydrogen-bond donors (Lipinski definition) is 1. The molecule has 0 bridgehead atoms. The van der Waals surface area contributed by atoms with E-state index in [9.17, 15) is 0 Å². The highest BCUT2D eigenvalue weighted by Crippen LogP contribution is 2.36. The van der Waals surface area contributed by atoms with Gasteiger partial charge in [0.2, 0.25) is 0 Å². The summed E-state index contributed by atoms with van der Waals surface area (Å²) in [5.41, 5.74) is 1.27. The molecule has 1 fully saturated rings. The van der Waals surface area contributed by atoms with E-state index < -0.39 is 0 Å². The van der Waals surface area contributed by atoms with E-state index in [2.05, 4.69) is 24.4 Å². The normalized spacial score (nSPS) is 23.3. The number of nitrogens with one attached hydrogen (secondary N) is 1. The molecule has 1 N–H and O–H groups in total. The SMILES string of the molecule is CCNC(c1ccc2c(c1)OCCO2)C1CCOC1. The number of benzene rings is 1. The van der Waals surface area contributed by atoms with Crippen molar-refractivity contribution < 1.29 is 14.2 Å². The monoisotopic (exact) mass is 263 g/mol. The lowest BCUT2D eigenvalue weighted by Crippen LogP contribution is -2.28. The Kier molecular flexibility index (Phi) is 3.89. The van der Waals surface area contributed by atoms with Crippen molar-refractivity contribution in [1.29, 1.82) is 0 Å². The van der Waals surface area contributed by atoms with Crippen LogP contribution in [0, 0.1) is 5.92 Å². The zero-order valence-corrected chi connectivity index (χ0v) is 11.4. The van der Waals surface area contributed by atoms with E-state index in [0.717, 1.165) is 37.7 Å². The molecular formula is C15H21NO3. The molecule has 2 atom stereocenters. The Hall–Kier alpha value is -1.26. The maximum Gasteiger partial charge on any atom is 0.161 e. The molecule has 4 heteroatoms. The van der Waals surface area contributed by atoms with E-state index in [-0.39, 0.29) is 0 Å². The van der Waals surface area contributed by atoms with Crippen LogP contribution < -0.4 is 14.8 Å². The minimum absolute atomic E-state index is 0.336. The molecule has 0 aromatic heterocycles. The van der Waals surface area contributed by atoms with Crippen molar-refractivity contribution >= 4 is 0 Å². The van der Waals surface area contributed by atoms with Crippen LogP contribution in [0.15, 0.2) is 18.2 Å². The third kappa shape index (κ3) is 2.69. The minimum atomic E-state index is 0.336. The molecule has 2 aliphatic heterocycles. The topological polar surface area (TPSA) is 39.7 Å². The van der Waals surface area contributed by atoms with Gasteiger partial charge in [0.05, 0.1) is 6.61 Å². The summed E-state index contributed by atoms with van der Waals surface area (Å²) in [6.07, 6.45) is 1.12. The molecule has 0 spiro atoms. The lowest BCUT2D eigenvalue weighted by atomic mass is 9.92. The van der Waals surface area contributed by atoms with E-state index in [1.165, 1.54) is 5.56 Å². The van der Waals surface area contributed by atoms with Crippen LogP contribution in [0.25, 0.3) is 0 Å². The number of hydrogen-bond acceptors (Lipinski definition) is 4. The average molecular weight is 263 g/mol. The third-order valence-electron chi connectivity index (χ3n) is 3.79. The van der Waals surface area contributed by atoms with Crippen LogP contribution in [0.4, 0.5) is 0 Å². The molecule has 1 aromatic rings. The van der Waals surface area contributed by atoms with Crippen molar-refractivity contribution in [3.05, 3.63) is 23.8 Å². The van der Waals surface area contributed by atoms with Gasteiger partial charge in [-0.15, -0.1) is 0 Å². The predicted octanol–water partition coefficient (Wildman–Crippen LogP) is 2.14. The van der Waals surface area contributed by atoms with Crippen molar-refractivity contribution in [2.75, 3.05) is 33.0 Å². The van der Waals surface area contributed by atoms with Gasteiger partial charge in [-0.1, -0.05) is 13.0 Å². The van der Waals surface area contributed by atoms with Gasteiger partial charge in [-0.2, -0.15) is 0 Å². The van der Waals surface area contributed by atoms with Crippen LogP contribution in [0.3, 0.4) is 0 Å². The van der Waals surface area contributed by atoms with Gasteiger partial charge in [-0.3, -0.25) is 0 Å². The van der Waals surface area contributed by atoms with Gasteiger partial charge >= 0.3 is 0 Å². The Bertz CT molecular complexity index is 429. The molecular weight excluding hydrogens is 242 g/mol. The Labute approximate surface area is 114 Å². The maximum absolute atomic E-state index is 5.67. The summed E-state index contributed by atoms with van der Waals surface area (Å²) in [6.45, 7) is 6.08. The van der Waals surface area contributed by atoms with Gasteiger partial charge in [-0.05, 0) is 30.7 Å². The Morgan fingerprint density at radius 1 is 1.21 bits per heavy atom. The van der Waals surface area contributed by atoms with Gasteiger partial charge in [0, 0.05) is 18.6 Å². The second-order valence-electron chi connectivity index (χ2n) is 5.06. The quantitative estimate of drug-likeness (QED) is 0.903. The zero-order chi connectivity index (χ0) is 13.1. The molecule has 1 saturated heterocycles. The van der Waals surface area contributed by atoms with E-state index >= 15 is 0 Å². The summed E-state index contributed by atoms with van der Waals surface area (Å²) in [5.74, 6) is 2.26. The minimum Gasteiger partial charge on any atom is -0.486 e. The van der Waals surface area contributed by atoms with Crippen LogP contribution in [0.1, 0.15) is 24.9 Å².